The number of aryl methyl sites for hydroxylation is 1. The van der Waals surface area contributed by atoms with Gasteiger partial charge in [0.15, 0.2) is 0 Å². The van der Waals surface area contributed by atoms with Gasteiger partial charge in [-0.25, -0.2) is 4.98 Å². The molecule has 142 valence electrons. The molecule has 0 aliphatic heterocycles. The lowest BCUT2D eigenvalue weighted by molar-refractivity contribution is -0.137. The molecule has 3 rings (SSSR count). The van der Waals surface area contributed by atoms with E-state index in [1.165, 1.54) is 12.1 Å². The second-order valence-electron chi connectivity index (χ2n) is 6.82. The average Bonchev–Trinajstić information content (AvgIpc) is 3.13. The van der Waals surface area contributed by atoms with Gasteiger partial charge in [0.1, 0.15) is 0 Å². The SMILES string of the molecule is OC(CCc1ccc(C(F)(F)F)cc1)(Cc1ccccc1)Cn1ccnc1. The van der Waals surface area contributed by atoms with Crippen molar-refractivity contribution in [2.75, 3.05) is 0 Å². The molecule has 0 amide bonds. The van der Waals surface area contributed by atoms with Crippen LogP contribution in [0.1, 0.15) is 23.1 Å². The normalized spacial score (nSPS) is 14.1. The largest absolute Gasteiger partial charge is 0.416 e. The molecule has 0 aliphatic carbocycles. The number of hydrogen-bond donors (Lipinski definition) is 1. The third-order valence-electron chi connectivity index (χ3n) is 4.57. The fraction of sp³-hybridized carbons (Fsp3) is 0.286. The van der Waals surface area contributed by atoms with Crippen LogP contribution in [0.4, 0.5) is 13.2 Å². The summed E-state index contributed by atoms with van der Waals surface area (Å²) in [4.78, 5) is 4.01. The van der Waals surface area contributed by atoms with Crippen LogP contribution in [0.3, 0.4) is 0 Å². The molecular formula is C21H21F3N2O. The minimum absolute atomic E-state index is 0.364. The summed E-state index contributed by atoms with van der Waals surface area (Å²) >= 11 is 0. The first-order valence-electron chi connectivity index (χ1n) is 8.72. The number of alkyl halides is 3. The van der Waals surface area contributed by atoms with E-state index in [2.05, 4.69) is 4.98 Å². The Hall–Kier alpha value is -2.60. The van der Waals surface area contributed by atoms with Crippen molar-refractivity contribution in [1.82, 2.24) is 9.55 Å². The minimum Gasteiger partial charge on any atom is -0.388 e. The first-order valence-corrected chi connectivity index (χ1v) is 8.72. The molecule has 2 aromatic carbocycles. The van der Waals surface area contributed by atoms with Crippen molar-refractivity contribution in [2.45, 2.75) is 37.6 Å². The van der Waals surface area contributed by atoms with Crippen molar-refractivity contribution in [1.29, 1.82) is 0 Å². The highest BCUT2D eigenvalue weighted by Crippen LogP contribution is 2.30. The Bertz CT molecular complexity index is 830. The van der Waals surface area contributed by atoms with E-state index in [1.807, 2.05) is 34.9 Å². The summed E-state index contributed by atoms with van der Waals surface area (Å²) in [6.07, 6.45) is 2.10. The molecule has 0 aliphatic rings. The third kappa shape index (κ3) is 5.44. The maximum absolute atomic E-state index is 12.7. The van der Waals surface area contributed by atoms with Gasteiger partial charge in [-0.3, -0.25) is 0 Å². The molecule has 6 heteroatoms. The van der Waals surface area contributed by atoms with E-state index in [1.54, 1.807) is 18.7 Å². The van der Waals surface area contributed by atoms with Gasteiger partial charge in [-0.2, -0.15) is 13.2 Å². The van der Waals surface area contributed by atoms with Crippen molar-refractivity contribution in [2.24, 2.45) is 0 Å². The topological polar surface area (TPSA) is 38.0 Å². The Kier molecular flexibility index (Phi) is 5.65. The predicted octanol–water partition coefficient (Wildman–Crippen LogP) is 4.51. The highest BCUT2D eigenvalue weighted by Gasteiger charge is 2.30. The zero-order valence-corrected chi connectivity index (χ0v) is 14.7. The number of halogens is 3. The van der Waals surface area contributed by atoms with Crippen LogP contribution in [-0.2, 0) is 25.6 Å². The molecule has 1 atom stereocenters. The number of rotatable bonds is 7. The minimum atomic E-state index is -4.34. The lowest BCUT2D eigenvalue weighted by Gasteiger charge is -2.29. The molecule has 1 unspecified atom stereocenters. The Morgan fingerprint density at radius 2 is 1.63 bits per heavy atom. The zero-order valence-electron chi connectivity index (χ0n) is 14.7. The summed E-state index contributed by atoms with van der Waals surface area (Å²) < 4.78 is 39.9. The van der Waals surface area contributed by atoms with Gasteiger partial charge >= 0.3 is 6.18 Å². The first kappa shape index (κ1) is 19.2. The standard InChI is InChI=1S/C21H21F3N2O/c22-21(23,24)19-8-6-17(7-9-19)10-11-20(27,15-26-13-12-25-16-26)14-18-4-2-1-3-5-18/h1-9,12-13,16,27H,10-11,14-15H2. The van der Waals surface area contributed by atoms with Crippen molar-refractivity contribution in [3.8, 4) is 0 Å². The number of aromatic nitrogens is 2. The first-order chi connectivity index (χ1) is 12.8. The van der Waals surface area contributed by atoms with Crippen molar-refractivity contribution >= 4 is 0 Å². The molecule has 0 saturated heterocycles. The monoisotopic (exact) mass is 374 g/mol. The van der Waals surface area contributed by atoms with Gasteiger partial charge in [0, 0.05) is 18.8 Å². The van der Waals surface area contributed by atoms with E-state index in [0.717, 1.165) is 23.3 Å². The fourth-order valence-corrected chi connectivity index (χ4v) is 3.16. The summed E-state index contributed by atoms with van der Waals surface area (Å²) in [6, 6.07) is 14.8. The molecule has 0 bridgehead atoms. The summed E-state index contributed by atoms with van der Waals surface area (Å²) in [5.41, 5.74) is 0.0713. The molecule has 1 heterocycles. The van der Waals surface area contributed by atoms with Gasteiger partial charge in [-0.15, -0.1) is 0 Å². The van der Waals surface area contributed by atoms with Gasteiger partial charge < -0.3 is 9.67 Å². The van der Waals surface area contributed by atoms with Crippen LogP contribution >= 0.6 is 0 Å². The smallest absolute Gasteiger partial charge is 0.388 e. The number of nitrogens with zero attached hydrogens (tertiary/aromatic N) is 2. The van der Waals surface area contributed by atoms with Crippen LogP contribution in [0, 0.1) is 0 Å². The summed E-state index contributed by atoms with van der Waals surface area (Å²) in [7, 11) is 0. The van der Waals surface area contributed by atoms with Crippen molar-refractivity contribution in [3.63, 3.8) is 0 Å². The van der Waals surface area contributed by atoms with E-state index < -0.39 is 17.3 Å². The van der Waals surface area contributed by atoms with Gasteiger partial charge in [-0.05, 0) is 36.1 Å². The van der Waals surface area contributed by atoms with Crippen molar-refractivity contribution in [3.05, 3.63) is 90.0 Å². The van der Waals surface area contributed by atoms with Crippen molar-refractivity contribution < 1.29 is 18.3 Å². The van der Waals surface area contributed by atoms with E-state index in [9.17, 15) is 18.3 Å². The molecule has 3 aromatic rings. The molecule has 27 heavy (non-hydrogen) atoms. The highest BCUT2D eigenvalue weighted by molar-refractivity contribution is 5.25. The lowest BCUT2D eigenvalue weighted by Crippen LogP contribution is -2.37. The van der Waals surface area contributed by atoms with Gasteiger partial charge in [0.05, 0.1) is 24.0 Å². The Labute approximate surface area is 156 Å². The molecular weight excluding hydrogens is 353 g/mol. The second kappa shape index (κ2) is 7.96. The lowest BCUT2D eigenvalue weighted by atomic mass is 9.88. The van der Waals surface area contributed by atoms with Crippen LogP contribution in [0.15, 0.2) is 73.3 Å². The van der Waals surface area contributed by atoms with Crippen LogP contribution in [0.25, 0.3) is 0 Å². The van der Waals surface area contributed by atoms with Gasteiger partial charge in [0.25, 0.3) is 0 Å². The van der Waals surface area contributed by atoms with E-state index in [0.29, 0.717) is 25.8 Å². The number of imidazole rings is 1. The summed E-state index contributed by atoms with van der Waals surface area (Å²) in [5.74, 6) is 0. The molecule has 1 N–H and O–H groups in total. The van der Waals surface area contributed by atoms with Gasteiger partial charge in [-0.1, -0.05) is 42.5 Å². The molecule has 0 saturated carbocycles. The molecule has 0 radical (unpaired) electrons. The van der Waals surface area contributed by atoms with E-state index in [-0.39, 0.29) is 0 Å². The molecule has 0 spiro atoms. The summed E-state index contributed by atoms with van der Waals surface area (Å²) in [5, 5.41) is 11.3. The zero-order chi connectivity index (χ0) is 19.3. The highest BCUT2D eigenvalue weighted by atomic mass is 19.4. The molecule has 3 nitrogen and oxygen atoms in total. The number of hydrogen-bond acceptors (Lipinski definition) is 2. The van der Waals surface area contributed by atoms with Crippen LogP contribution in [0.5, 0.6) is 0 Å². The number of benzene rings is 2. The molecule has 0 fully saturated rings. The van der Waals surface area contributed by atoms with Gasteiger partial charge in [0.2, 0.25) is 0 Å². The second-order valence-corrected chi connectivity index (χ2v) is 6.82. The fourth-order valence-electron chi connectivity index (χ4n) is 3.16. The van der Waals surface area contributed by atoms with E-state index in [4.69, 9.17) is 0 Å². The summed E-state index contributed by atoms with van der Waals surface area (Å²) in [6.45, 7) is 0.364. The van der Waals surface area contributed by atoms with E-state index >= 15 is 0 Å². The van der Waals surface area contributed by atoms with Crippen LogP contribution < -0.4 is 0 Å². The Morgan fingerprint density at radius 3 is 2.22 bits per heavy atom. The third-order valence-corrected chi connectivity index (χ3v) is 4.57. The predicted molar refractivity (Wildman–Crippen MR) is 97.1 cm³/mol. The molecule has 1 aromatic heterocycles. The number of aliphatic hydroxyl groups is 1. The van der Waals surface area contributed by atoms with Crippen LogP contribution in [0.2, 0.25) is 0 Å². The maximum Gasteiger partial charge on any atom is 0.416 e. The Balaban J connectivity index is 1.72. The Morgan fingerprint density at radius 1 is 0.926 bits per heavy atom. The van der Waals surface area contributed by atoms with Crippen LogP contribution in [-0.4, -0.2) is 20.3 Å². The quantitative estimate of drug-likeness (QED) is 0.661. The average molecular weight is 374 g/mol. The maximum atomic E-state index is 12.7.